The Morgan fingerprint density at radius 3 is 2.67 bits per heavy atom. The smallest absolute Gasteiger partial charge is 0.247 e. The molecular weight excluding hydrogens is 306 g/mol. The molecule has 0 bridgehead atoms. The topological polar surface area (TPSA) is 60.6 Å². The first-order chi connectivity index (χ1) is 11.8. The summed E-state index contributed by atoms with van der Waals surface area (Å²) in [6.07, 6.45) is 3.70. The van der Waals surface area contributed by atoms with Crippen molar-refractivity contribution in [1.29, 1.82) is 0 Å². The van der Waals surface area contributed by atoms with Gasteiger partial charge in [0, 0.05) is 24.8 Å². The van der Waals surface area contributed by atoms with Gasteiger partial charge in [0.25, 0.3) is 0 Å². The minimum atomic E-state index is 0.563. The van der Waals surface area contributed by atoms with Gasteiger partial charge >= 0.3 is 0 Å². The average molecular weight is 329 g/mol. The van der Waals surface area contributed by atoms with Gasteiger partial charge in [-0.3, -0.25) is 4.90 Å². The molecule has 1 saturated heterocycles. The fourth-order valence-electron chi connectivity index (χ4n) is 3.18. The summed E-state index contributed by atoms with van der Waals surface area (Å²) in [6.45, 7) is 3.56. The number of aromatic nitrogens is 2. The van der Waals surface area contributed by atoms with Gasteiger partial charge in [0.1, 0.15) is 5.75 Å². The van der Waals surface area contributed by atoms with Crippen molar-refractivity contribution in [3.8, 4) is 17.2 Å². The number of ether oxygens (including phenoxy) is 2. The molecule has 2 aliphatic rings. The molecule has 2 aromatic rings. The van der Waals surface area contributed by atoms with Crippen LogP contribution in [-0.2, 0) is 11.3 Å². The van der Waals surface area contributed by atoms with Crippen molar-refractivity contribution in [3.05, 3.63) is 30.2 Å². The van der Waals surface area contributed by atoms with Crippen LogP contribution in [0.3, 0.4) is 0 Å². The van der Waals surface area contributed by atoms with Crippen LogP contribution in [0.15, 0.2) is 28.7 Å². The third kappa shape index (κ3) is 3.60. The second kappa shape index (κ2) is 6.91. The second-order valence-electron chi connectivity index (χ2n) is 6.62. The van der Waals surface area contributed by atoms with Crippen molar-refractivity contribution in [2.24, 2.45) is 5.92 Å². The van der Waals surface area contributed by atoms with Crippen LogP contribution in [0, 0.1) is 5.92 Å². The Hall–Kier alpha value is -1.92. The van der Waals surface area contributed by atoms with Crippen molar-refractivity contribution in [3.63, 3.8) is 0 Å². The molecule has 1 aliphatic carbocycles. The summed E-state index contributed by atoms with van der Waals surface area (Å²) in [4.78, 5) is 2.48. The van der Waals surface area contributed by atoms with Gasteiger partial charge in [0.15, 0.2) is 0 Å². The summed E-state index contributed by atoms with van der Waals surface area (Å²) in [7, 11) is 1.65. The summed E-state index contributed by atoms with van der Waals surface area (Å²) < 4.78 is 16.6. The van der Waals surface area contributed by atoms with Gasteiger partial charge in [0.2, 0.25) is 11.8 Å². The van der Waals surface area contributed by atoms with E-state index in [2.05, 4.69) is 15.1 Å². The monoisotopic (exact) mass is 329 g/mol. The maximum absolute atomic E-state index is 5.88. The Balaban J connectivity index is 1.42. The Morgan fingerprint density at radius 1 is 1.17 bits per heavy atom. The zero-order chi connectivity index (χ0) is 16.4. The highest BCUT2D eigenvalue weighted by atomic mass is 16.5. The quantitative estimate of drug-likeness (QED) is 0.778. The molecule has 6 heteroatoms. The number of rotatable bonds is 7. The molecule has 1 aliphatic heterocycles. The van der Waals surface area contributed by atoms with E-state index in [1.54, 1.807) is 7.11 Å². The fourth-order valence-corrected chi connectivity index (χ4v) is 3.18. The minimum Gasteiger partial charge on any atom is -0.497 e. The van der Waals surface area contributed by atoms with Crippen LogP contribution >= 0.6 is 0 Å². The molecule has 2 fully saturated rings. The van der Waals surface area contributed by atoms with Crippen LogP contribution in [0.1, 0.15) is 25.2 Å². The summed E-state index contributed by atoms with van der Waals surface area (Å²) >= 11 is 0. The van der Waals surface area contributed by atoms with Crippen molar-refractivity contribution >= 4 is 0 Å². The SMILES string of the molecule is COc1ccc(-c2nnc(CN(CC3CCOC3)C3CC3)o2)cc1. The van der Waals surface area contributed by atoms with Crippen molar-refractivity contribution < 1.29 is 13.9 Å². The predicted molar refractivity (Wildman–Crippen MR) is 88.6 cm³/mol. The number of methoxy groups -OCH3 is 1. The highest BCUT2D eigenvalue weighted by Gasteiger charge is 2.32. The highest BCUT2D eigenvalue weighted by Crippen LogP contribution is 2.30. The average Bonchev–Trinajstić information content (AvgIpc) is 3.14. The molecule has 0 amide bonds. The molecule has 0 N–H and O–H groups in total. The van der Waals surface area contributed by atoms with E-state index in [1.807, 2.05) is 24.3 Å². The fraction of sp³-hybridized carbons (Fsp3) is 0.556. The Bertz CT molecular complexity index is 660. The van der Waals surface area contributed by atoms with E-state index in [4.69, 9.17) is 13.9 Å². The van der Waals surface area contributed by atoms with E-state index in [-0.39, 0.29) is 0 Å². The third-order valence-electron chi connectivity index (χ3n) is 4.72. The first kappa shape index (κ1) is 15.6. The molecule has 0 spiro atoms. The lowest BCUT2D eigenvalue weighted by Gasteiger charge is -2.22. The van der Waals surface area contributed by atoms with Crippen LogP contribution in [0.4, 0.5) is 0 Å². The molecule has 128 valence electrons. The van der Waals surface area contributed by atoms with E-state index in [1.165, 1.54) is 12.8 Å². The first-order valence-corrected chi connectivity index (χ1v) is 8.60. The molecule has 1 aromatic carbocycles. The van der Waals surface area contributed by atoms with E-state index >= 15 is 0 Å². The van der Waals surface area contributed by atoms with Crippen LogP contribution in [-0.4, -0.2) is 48.0 Å². The molecule has 24 heavy (non-hydrogen) atoms. The van der Waals surface area contributed by atoms with Gasteiger partial charge in [-0.1, -0.05) is 0 Å². The number of hydrogen-bond donors (Lipinski definition) is 0. The Morgan fingerprint density at radius 2 is 2.00 bits per heavy atom. The molecule has 1 atom stereocenters. The Labute approximate surface area is 141 Å². The maximum atomic E-state index is 5.88. The number of nitrogens with zero attached hydrogens (tertiary/aromatic N) is 3. The van der Waals surface area contributed by atoms with Crippen LogP contribution < -0.4 is 4.74 Å². The van der Waals surface area contributed by atoms with E-state index in [0.717, 1.165) is 44.0 Å². The van der Waals surface area contributed by atoms with Gasteiger partial charge in [-0.2, -0.15) is 0 Å². The number of benzene rings is 1. The molecule has 1 unspecified atom stereocenters. The molecule has 4 rings (SSSR count). The highest BCUT2D eigenvalue weighted by molar-refractivity contribution is 5.53. The maximum Gasteiger partial charge on any atom is 0.247 e. The van der Waals surface area contributed by atoms with Gasteiger partial charge in [-0.15, -0.1) is 10.2 Å². The molecule has 2 heterocycles. The standard InChI is InChI=1S/C18H23N3O3/c1-22-16-6-2-14(3-7-16)18-20-19-17(24-18)11-21(15-4-5-15)10-13-8-9-23-12-13/h2-3,6-7,13,15H,4-5,8-12H2,1H3. The molecular formula is C18H23N3O3. The molecule has 1 aromatic heterocycles. The van der Waals surface area contributed by atoms with Gasteiger partial charge in [-0.05, 0) is 49.4 Å². The van der Waals surface area contributed by atoms with Crippen LogP contribution in [0.25, 0.3) is 11.5 Å². The van der Waals surface area contributed by atoms with Gasteiger partial charge < -0.3 is 13.9 Å². The summed E-state index contributed by atoms with van der Waals surface area (Å²) in [5.74, 6) is 2.70. The van der Waals surface area contributed by atoms with E-state index in [9.17, 15) is 0 Å². The molecule has 0 radical (unpaired) electrons. The van der Waals surface area contributed by atoms with Crippen LogP contribution in [0.5, 0.6) is 5.75 Å². The van der Waals surface area contributed by atoms with E-state index < -0.39 is 0 Å². The molecule has 6 nitrogen and oxygen atoms in total. The second-order valence-corrected chi connectivity index (χ2v) is 6.62. The van der Waals surface area contributed by atoms with Crippen molar-refractivity contribution in [1.82, 2.24) is 15.1 Å². The summed E-state index contributed by atoms with van der Waals surface area (Å²) in [5, 5.41) is 8.44. The lowest BCUT2D eigenvalue weighted by Crippen LogP contribution is -2.31. The first-order valence-electron chi connectivity index (χ1n) is 8.60. The van der Waals surface area contributed by atoms with Crippen molar-refractivity contribution in [2.75, 3.05) is 26.9 Å². The van der Waals surface area contributed by atoms with Gasteiger partial charge in [0.05, 0.1) is 20.3 Å². The lowest BCUT2D eigenvalue weighted by atomic mass is 10.1. The zero-order valence-corrected chi connectivity index (χ0v) is 14.0. The normalized spacial score (nSPS) is 20.7. The lowest BCUT2D eigenvalue weighted by molar-refractivity contribution is 0.156. The summed E-state index contributed by atoms with van der Waals surface area (Å²) in [6, 6.07) is 8.34. The third-order valence-corrected chi connectivity index (χ3v) is 4.72. The molecule has 1 saturated carbocycles. The summed E-state index contributed by atoms with van der Waals surface area (Å²) in [5.41, 5.74) is 0.914. The van der Waals surface area contributed by atoms with Crippen molar-refractivity contribution in [2.45, 2.75) is 31.8 Å². The predicted octanol–water partition coefficient (Wildman–Crippen LogP) is 2.75. The van der Waals surface area contributed by atoms with Gasteiger partial charge in [-0.25, -0.2) is 0 Å². The van der Waals surface area contributed by atoms with E-state index in [0.29, 0.717) is 23.7 Å². The largest absolute Gasteiger partial charge is 0.497 e. The minimum absolute atomic E-state index is 0.563. The Kier molecular flexibility index (Phi) is 4.49. The van der Waals surface area contributed by atoms with Crippen LogP contribution in [0.2, 0.25) is 0 Å². The number of hydrogen-bond acceptors (Lipinski definition) is 6. The zero-order valence-electron chi connectivity index (χ0n) is 14.0.